The summed E-state index contributed by atoms with van der Waals surface area (Å²) >= 11 is 0. The number of carbonyl (C=O) groups excluding carboxylic acids is 1. The second-order valence-electron chi connectivity index (χ2n) is 8.79. The lowest BCUT2D eigenvalue weighted by molar-refractivity contribution is -0.139. The van der Waals surface area contributed by atoms with Crippen LogP contribution in [0.5, 0.6) is 11.5 Å². The first-order valence-corrected chi connectivity index (χ1v) is 11.6. The smallest absolute Gasteiger partial charge is 0.225 e. The van der Waals surface area contributed by atoms with E-state index in [1.54, 1.807) is 14.2 Å². The zero-order valence-corrected chi connectivity index (χ0v) is 19.3. The van der Waals surface area contributed by atoms with E-state index < -0.39 is 0 Å². The van der Waals surface area contributed by atoms with Crippen molar-refractivity contribution in [2.24, 2.45) is 5.92 Å². The molecule has 0 radical (unpaired) electrons. The van der Waals surface area contributed by atoms with Crippen LogP contribution >= 0.6 is 0 Å². The first-order chi connectivity index (χ1) is 15.7. The molecular weight excluding hydrogens is 402 g/mol. The SMILES string of the molecule is COc1cccc(CN2CCC(C(=O)N3CCN(Cc4ccccc4)CC3)CC2)c1OC. The fourth-order valence-electron chi connectivity index (χ4n) is 4.88. The van der Waals surface area contributed by atoms with Gasteiger partial charge in [-0.1, -0.05) is 42.5 Å². The van der Waals surface area contributed by atoms with Gasteiger partial charge in [0, 0.05) is 50.7 Å². The van der Waals surface area contributed by atoms with Crippen LogP contribution < -0.4 is 9.47 Å². The minimum Gasteiger partial charge on any atom is -0.493 e. The van der Waals surface area contributed by atoms with E-state index >= 15 is 0 Å². The second-order valence-corrected chi connectivity index (χ2v) is 8.79. The van der Waals surface area contributed by atoms with Crippen LogP contribution in [0.2, 0.25) is 0 Å². The van der Waals surface area contributed by atoms with Crippen molar-refractivity contribution in [2.75, 3.05) is 53.5 Å². The summed E-state index contributed by atoms with van der Waals surface area (Å²) in [7, 11) is 3.35. The van der Waals surface area contributed by atoms with Crippen LogP contribution in [0.25, 0.3) is 0 Å². The lowest BCUT2D eigenvalue weighted by Crippen LogP contribution is -2.51. The summed E-state index contributed by atoms with van der Waals surface area (Å²) in [6.07, 6.45) is 1.85. The summed E-state index contributed by atoms with van der Waals surface area (Å²) in [5.41, 5.74) is 2.47. The molecule has 2 fully saturated rings. The summed E-state index contributed by atoms with van der Waals surface area (Å²) in [6.45, 7) is 7.24. The molecule has 2 aromatic carbocycles. The van der Waals surface area contributed by atoms with Gasteiger partial charge in [-0.25, -0.2) is 0 Å². The minimum atomic E-state index is 0.152. The van der Waals surface area contributed by atoms with Gasteiger partial charge in [0.15, 0.2) is 11.5 Å². The first-order valence-electron chi connectivity index (χ1n) is 11.6. The molecule has 1 amide bonds. The largest absolute Gasteiger partial charge is 0.493 e. The topological polar surface area (TPSA) is 45.2 Å². The number of piperidine rings is 1. The highest BCUT2D eigenvalue weighted by Crippen LogP contribution is 2.32. The van der Waals surface area contributed by atoms with Crippen LogP contribution in [0, 0.1) is 5.92 Å². The Kier molecular flexibility index (Phi) is 7.66. The maximum atomic E-state index is 13.1. The molecule has 2 heterocycles. The van der Waals surface area contributed by atoms with Crippen molar-refractivity contribution in [2.45, 2.75) is 25.9 Å². The van der Waals surface area contributed by atoms with Gasteiger partial charge in [0.05, 0.1) is 14.2 Å². The molecule has 2 aliphatic heterocycles. The monoisotopic (exact) mass is 437 g/mol. The van der Waals surface area contributed by atoms with Crippen molar-refractivity contribution in [3.05, 3.63) is 59.7 Å². The van der Waals surface area contributed by atoms with Crippen LogP contribution in [-0.2, 0) is 17.9 Å². The molecular formula is C26H35N3O3. The number of likely N-dealkylation sites (tertiary alicyclic amines) is 1. The lowest BCUT2D eigenvalue weighted by atomic mass is 9.94. The molecule has 6 heteroatoms. The van der Waals surface area contributed by atoms with E-state index in [1.807, 2.05) is 12.1 Å². The molecule has 172 valence electrons. The molecule has 0 spiro atoms. The van der Waals surface area contributed by atoms with Crippen molar-refractivity contribution in [1.29, 1.82) is 0 Å². The van der Waals surface area contributed by atoms with Gasteiger partial charge in [-0.3, -0.25) is 14.6 Å². The Morgan fingerprint density at radius 3 is 2.16 bits per heavy atom. The van der Waals surface area contributed by atoms with Gasteiger partial charge in [0.1, 0.15) is 0 Å². The van der Waals surface area contributed by atoms with E-state index in [-0.39, 0.29) is 5.92 Å². The average molecular weight is 438 g/mol. The van der Waals surface area contributed by atoms with Crippen LogP contribution in [0.3, 0.4) is 0 Å². The molecule has 0 aliphatic carbocycles. The Labute approximate surface area is 191 Å². The number of carbonyl (C=O) groups is 1. The molecule has 0 bridgehead atoms. The number of ether oxygens (including phenoxy) is 2. The average Bonchev–Trinajstić information content (AvgIpc) is 2.85. The predicted molar refractivity (Wildman–Crippen MR) is 126 cm³/mol. The Morgan fingerprint density at radius 1 is 0.812 bits per heavy atom. The van der Waals surface area contributed by atoms with E-state index in [0.29, 0.717) is 5.91 Å². The van der Waals surface area contributed by atoms with Crippen LogP contribution in [0.1, 0.15) is 24.0 Å². The summed E-state index contributed by atoms with van der Waals surface area (Å²) in [6, 6.07) is 16.6. The van der Waals surface area contributed by atoms with Gasteiger partial charge < -0.3 is 14.4 Å². The molecule has 32 heavy (non-hydrogen) atoms. The summed E-state index contributed by atoms with van der Waals surface area (Å²) in [5.74, 6) is 2.07. The van der Waals surface area contributed by atoms with E-state index in [2.05, 4.69) is 51.1 Å². The van der Waals surface area contributed by atoms with Crippen LogP contribution in [0.4, 0.5) is 0 Å². The van der Waals surface area contributed by atoms with Gasteiger partial charge in [-0.05, 0) is 37.6 Å². The zero-order valence-electron chi connectivity index (χ0n) is 19.3. The van der Waals surface area contributed by atoms with Crippen molar-refractivity contribution in [3.8, 4) is 11.5 Å². The van der Waals surface area contributed by atoms with E-state index in [0.717, 1.165) is 82.3 Å². The van der Waals surface area contributed by atoms with Crippen molar-refractivity contribution in [1.82, 2.24) is 14.7 Å². The van der Waals surface area contributed by atoms with Crippen molar-refractivity contribution in [3.63, 3.8) is 0 Å². The fourth-order valence-corrected chi connectivity index (χ4v) is 4.88. The second kappa shape index (κ2) is 10.8. The number of methoxy groups -OCH3 is 2. The fraction of sp³-hybridized carbons (Fsp3) is 0.500. The minimum absolute atomic E-state index is 0.152. The molecule has 0 aromatic heterocycles. The van der Waals surface area contributed by atoms with E-state index in [4.69, 9.17) is 9.47 Å². The van der Waals surface area contributed by atoms with Gasteiger partial charge in [-0.15, -0.1) is 0 Å². The summed E-state index contributed by atoms with van der Waals surface area (Å²) in [4.78, 5) is 20.1. The number of hydrogen-bond donors (Lipinski definition) is 0. The Morgan fingerprint density at radius 2 is 1.50 bits per heavy atom. The number of benzene rings is 2. The standard InChI is InChI=1S/C26H35N3O3/c1-31-24-10-6-9-23(25(24)32-2)20-27-13-11-22(12-14-27)26(30)29-17-15-28(16-18-29)19-21-7-4-3-5-8-21/h3-10,22H,11-20H2,1-2H3. The third-order valence-electron chi connectivity index (χ3n) is 6.75. The Bertz CT molecular complexity index is 873. The predicted octanol–water partition coefficient (Wildman–Crippen LogP) is 3.26. The highest BCUT2D eigenvalue weighted by atomic mass is 16.5. The number of hydrogen-bond acceptors (Lipinski definition) is 5. The number of rotatable bonds is 7. The Balaban J connectivity index is 1.24. The zero-order chi connectivity index (χ0) is 22.3. The van der Waals surface area contributed by atoms with Crippen LogP contribution in [-0.4, -0.2) is 74.1 Å². The van der Waals surface area contributed by atoms with E-state index in [9.17, 15) is 4.79 Å². The first kappa shape index (κ1) is 22.6. The molecule has 4 rings (SSSR count). The maximum Gasteiger partial charge on any atom is 0.225 e. The number of para-hydroxylation sites is 1. The van der Waals surface area contributed by atoms with Gasteiger partial charge in [-0.2, -0.15) is 0 Å². The summed E-state index contributed by atoms with van der Waals surface area (Å²) in [5, 5.41) is 0. The number of amides is 1. The molecule has 2 aromatic rings. The quantitative estimate of drug-likeness (QED) is 0.665. The van der Waals surface area contributed by atoms with Gasteiger partial charge in [0.2, 0.25) is 5.91 Å². The Hall–Kier alpha value is -2.57. The molecule has 2 saturated heterocycles. The number of nitrogens with zero attached hydrogens (tertiary/aromatic N) is 3. The molecule has 0 atom stereocenters. The molecule has 6 nitrogen and oxygen atoms in total. The van der Waals surface area contributed by atoms with Crippen molar-refractivity contribution < 1.29 is 14.3 Å². The van der Waals surface area contributed by atoms with E-state index in [1.165, 1.54) is 5.56 Å². The normalized spacial score (nSPS) is 18.5. The molecule has 0 unspecified atom stereocenters. The van der Waals surface area contributed by atoms with Crippen molar-refractivity contribution >= 4 is 5.91 Å². The third kappa shape index (κ3) is 5.43. The maximum absolute atomic E-state index is 13.1. The number of piperazine rings is 1. The summed E-state index contributed by atoms with van der Waals surface area (Å²) < 4.78 is 11.0. The third-order valence-corrected chi connectivity index (χ3v) is 6.75. The molecule has 0 saturated carbocycles. The van der Waals surface area contributed by atoms with Gasteiger partial charge >= 0.3 is 0 Å². The van der Waals surface area contributed by atoms with Gasteiger partial charge in [0.25, 0.3) is 0 Å². The highest BCUT2D eigenvalue weighted by molar-refractivity contribution is 5.79. The molecule has 2 aliphatic rings. The van der Waals surface area contributed by atoms with Crippen LogP contribution in [0.15, 0.2) is 48.5 Å². The molecule has 0 N–H and O–H groups in total. The highest BCUT2D eigenvalue weighted by Gasteiger charge is 2.30. The lowest BCUT2D eigenvalue weighted by Gasteiger charge is -2.38.